The van der Waals surface area contributed by atoms with Crippen molar-refractivity contribution in [1.29, 1.82) is 0 Å². The molecule has 3 rings (SSSR count). The van der Waals surface area contributed by atoms with Gasteiger partial charge >= 0.3 is 0 Å². The molecule has 4 heteroatoms. The minimum Gasteiger partial charge on any atom is -0.378 e. The summed E-state index contributed by atoms with van der Waals surface area (Å²) < 4.78 is 3.14. The van der Waals surface area contributed by atoms with Gasteiger partial charge in [0.15, 0.2) is 0 Å². The lowest BCUT2D eigenvalue weighted by Gasteiger charge is -2.25. The van der Waals surface area contributed by atoms with Gasteiger partial charge in [0.05, 0.1) is 12.2 Å². The number of fused-ring (bicyclic) bond motifs is 1. The molecule has 0 saturated heterocycles. The van der Waals surface area contributed by atoms with Gasteiger partial charge in [-0.25, -0.2) is 0 Å². The second kappa shape index (κ2) is 5.00. The number of aromatic nitrogens is 2. The predicted molar refractivity (Wildman–Crippen MR) is 81.4 cm³/mol. The normalized spacial score (nSPS) is 18.2. The van der Waals surface area contributed by atoms with Crippen molar-refractivity contribution in [2.24, 2.45) is 7.05 Å². The number of nitrogens with one attached hydrogen (secondary N) is 1. The van der Waals surface area contributed by atoms with Crippen molar-refractivity contribution in [2.45, 2.75) is 32.2 Å². The molecular formula is C15H18BrN3. The summed E-state index contributed by atoms with van der Waals surface area (Å²) in [6.07, 6.45) is 5.55. The van der Waals surface area contributed by atoms with Gasteiger partial charge in [-0.15, -0.1) is 0 Å². The van der Waals surface area contributed by atoms with Crippen molar-refractivity contribution in [3.63, 3.8) is 0 Å². The van der Waals surface area contributed by atoms with Crippen molar-refractivity contribution < 1.29 is 0 Å². The average molecular weight is 320 g/mol. The molecule has 19 heavy (non-hydrogen) atoms. The van der Waals surface area contributed by atoms with E-state index in [9.17, 15) is 0 Å². The zero-order valence-corrected chi connectivity index (χ0v) is 12.9. The molecule has 0 bridgehead atoms. The third kappa shape index (κ3) is 2.41. The van der Waals surface area contributed by atoms with Crippen molar-refractivity contribution in [3.8, 4) is 0 Å². The van der Waals surface area contributed by atoms with E-state index in [2.05, 4.69) is 51.5 Å². The van der Waals surface area contributed by atoms with Crippen LogP contribution in [0.15, 0.2) is 28.9 Å². The molecule has 1 aromatic heterocycles. The maximum Gasteiger partial charge on any atom is 0.0547 e. The Morgan fingerprint density at radius 2 is 2.26 bits per heavy atom. The molecule has 1 heterocycles. The van der Waals surface area contributed by atoms with E-state index in [0.29, 0.717) is 6.04 Å². The quantitative estimate of drug-likeness (QED) is 0.907. The van der Waals surface area contributed by atoms with Crippen LogP contribution in [-0.2, 0) is 13.5 Å². The first-order valence-electron chi connectivity index (χ1n) is 6.68. The molecule has 0 aliphatic heterocycles. The standard InChI is InChI=1S/C15H18BrN3/c1-10-8-11(16)6-7-13(10)18-14-4-3-5-15-12(14)9-17-19(15)2/h6-9,14,18H,3-5H2,1-2H3. The lowest BCUT2D eigenvalue weighted by atomic mass is 9.92. The molecule has 0 radical (unpaired) electrons. The summed E-state index contributed by atoms with van der Waals surface area (Å²) in [5.74, 6) is 0. The van der Waals surface area contributed by atoms with Gasteiger partial charge in [-0.2, -0.15) is 5.10 Å². The highest BCUT2D eigenvalue weighted by Crippen LogP contribution is 2.33. The van der Waals surface area contributed by atoms with Crippen molar-refractivity contribution in [2.75, 3.05) is 5.32 Å². The monoisotopic (exact) mass is 319 g/mol. The number of halogens is 1. The topological polar surface area (TPSA) is 29.9 Å². The van der Waals surface area contributed by atoms with Crippen LogP contribution in [0.5, 0.6) is 0 Å². The number of rotatable bonds is 2. The molecule has 1 N–H and O–H groups in total. The van der Waals surface area contributed by atoms with Crippen LogP contribution < -0.4 is 5.32 Å². The Hall–Kier alpha value is -1.29. The van der Waals surface area contributed by atoms with Crippen LogP contribution in [0.3, 0.4) is 0 Å². The van der Waals surface area contributed by atoms with E-state index in [4.69, 9.17) is 0 Å². The Kier molecular flexibility index (Phi) is 3.35. The Balaban J connectivity index is 1.88. The predicted octanol–water partition coefficient (Wildman–Crippen LogP) is 3.98. The van der Waals surface area contributed by atoms with Crippen LogP contribution in [0, 0.1) is 6.92 Å². The number of hydrogen-bond acceptors (Lipinski definition) is 2. The summed E-state index contributed by atoms with van der Waals surface area (Å²) in [5, 5.41) is 8.07. The van der Waals surface area contributed by atoms with Crippen LogP contribution in [0.1, 0.15) is 35.7 Å². The van der Waals surface area contributed by atoms with Gasteiger partial charge in [-0.05, 0) is 49.9 Å². The zero-order valence-electron chi connectivity index (χ0n) is 11.3. The van der Waals surface area contributed by atoms with Gasteiger partial charge in [0, 0.05) is 28.5 Å². The van der Waals surface area contributed by atoms with Gasteiger partial charge < -0.3 is 5.32 Å². The van der Waals surface area contributed by atoms with E-state index in [1.165, 1.54) is 35.3 Å². The van der Waals surface area contributed by atoms with Crippen molar-refractivity contribution in [3.05, 3.63) is 45.7 Å². The second-order valence-electron chi connectivity index (χ2n) is 5.22. The molecule has 1 atom stereocenters. The minimum absolute atomic E-state index is 0.386. The molecular weight excluding hydrogens is 302 g/mol. The number of anilines is 1. The Morgan fingerprint density at radius 1 is 1.42 bits per heavy atom. The average Bonchev–Trinajstić information content (AvgIpc) is 2.76. The summed E-state index contributed by atoms with van der Waals surface area (Å²) >= 11 is 3.51. The fraction of sp³-hybridized carbons (Fsp3) is 0.400. The van der Waals surface area contributed by atoms with E-state index in [1.807, 2.05) is 17.9 Å². The van der Waals surface area contributed by atoms with Crippen LogP contribution >= 0.6 is 15.9 Å². The van der Waals surface area contributed by atoms with Crippen LogP contribution in [-0.4, -0.2) is 9.78 Å². The van der Waals surface area contributed by atoms with Gasteiger partial charge in [0.1, 0.15) is 0 Å². The third-order valence-electron chi connectivity index (χ3n) is 3.89. The Labute approximate surface area is 122 Å². The first-order valence-corrected chi connectivity index (χ1v) is 7.48. The van der Waals surface area contributed by atoms with E-state index in [1.54, 1.807) is 0 Å². The largest absolute Gasteiger partial charge is 0.378 e. The van der Waals surface area contributed by atoms with Crippen LogP contribution in [0.2, 0.25) is 0 Å². The Morgan fingerprint density at radius 3 is 3.05 bits per heavy atom. The first kappa shape index (κ1) is 12.7. The lowest BCUT2D eigenvalue weighted by Crippen LogP contribution is -2.18. The van der Waals surface area contributed by atoms with E-state index in [0.717, 1.165) is 10.9 Å². The number of aryl methyl sites for hydroxylation is 2. The molecule has 0 spiro atoms. The lowest BCUT2D eigenvalue weighted by molar-refractivity contribution is 0.571. The molecule has 1 aliphatic rings. The van der Waals surface area contributed by atoms with Gasteiger partial charge in [-0.3, -0.25) is 4.68 Å². The molecule has 1 unspecified atom stereocenters. The van der Waals surface area contributed by atoms with Gasteiger partial charge in [0.2, 0.25) is 0 Å². The second-order valence-corrected chi connectivity index (χ2v) is 6.13. The third-order valence-corrected chi connectivity index (χ3v) is 4.39. The fourth-order valence-electron chi connectivity index (χ4n) is 2.83. The molecule has 1 aliphatic carbocycles. The molecule has 2 aromatic rings. The van der Waals surface area contributed by atoms with Crippen LogP contribution in [0.25, 0.3) is 0 Å². The summed E-state index contributed by atoms with van der Waals surface area (Å²) in [6, 6.07) is 6.76. The van der Waals surface area contributed by atoms with Gasteiger partial charge in [-0.1, -0.05) is 15.9 Å². The molecule has 0 amide bonds. The maximum absolute atomic E-state index is 4.40. The zero-order chi connectivity index (χ0) is 13.4. The molecule has 3 nitrogen and oxygen atoms in total. The van der Waals surface area contributed by atoms with Crippen molar-refractivity contribution in [1.82, 2.24) is 9.78 Å². The van der Waals surface area contributed by atoms with Crippen molar-refractivity contribution >= 4 is 21.6 Å². The number of hydrogen-bond donors (Lipinski definition) is 1. The molecule has 100 valence electrons. The SMILES string of the molecule is Cc1cc(Br)ccc1NC1CCCc2c1cnn2C. The molecule has 1 aromatic carbocycles. The van der Waals surface area contributed by atoms with E-state index < -0.39 is 0 Å². The fourth-order valence-corrected chi connectivity index (χ4v) is 3.31. The van der Waals surface area contributed by atoms with Gasteiger partial charge in [0.25, 0.3) is 0 Å². The van der Waals surface area contributed by atoms with Crippen LogP contribution in [0.4, 0.5) is 5.69 Å². The highest BCUT2D eigenvalue weighted by atomic mass is 79.9. The number of benzene rings is 1. The smallest absolute Gasteiger partial charge is 0.0547 e. The summed E-state index contributed by atoms with van der Waals surface area (Å²) in [6.45, 7) is 2.14. The minimum atomic E-state index is 0.386. The Bertz CT molecular complexity index is 603. The van der Waals surface area contributed by atoms with E-state index in [-0.39, 0.29) is 0 Å². The highest BCUT2D eigenvalue weighted by molar-refractivity contribution is 9.10. The highest BCUT2D eigenvalue weighted by Gasteiger charge is 2.23. The number of nitrogens with zero attached hydrogens (tertiary/aromatic N) is 2. The molecule has 0 fully saturated rings. The summed E-state index contributed by atoms with van der Waals surface area (Å²) in [7, 11) is 2.03. The summed E-state index contributed by atoms with van der Waals surface area (Å²) in [5.41, 5.74) is 5.21. The summed E-state index contributed by atoms with van der Waals surface area (Å²) in [4.78, 5) is 0. The first-order chi connectivity index (χ1) is 9.15. The molecule has 0 saturated carbocycles. The maximum atomic E-state index is 4.40. The van der Waals surface area contributed by atoms with E-state index >= 15 is 0 Å².